The number of benzene rings is 3. The van der Waals surface area contributed by atoms with Crippen molar-refractivity contribution in [3.8, 4) is 16.3 Å². The van der Waals surface area contributed by atoms with Gasteiger partial charge in [0.05, 0.1) is 15.9 Å². The van der Waals surface area contributed by atoms with E-state index in [4.69, 9.17) is 9.72 Å². The maximum Gasteiger partial charge on any atom is 0.262 e. The summed E-state index contributed by atoms with van der Waals surface area (Å²) in [6.45, 7) is 4.29. The number of para-hydroxylation sites is 1. The van der Waals surface area contributed by atoms with E-state index in [1.54, 1.807) is 11.3 Å². The molecule has 0 radical (unpaired) electrons. The van der Waals surface area contributed by atoms with Crippen molar-refractivity contribution in [1.82, 2.24) is 4.98 Å². The summed E-state index contributed by atoms with van der Waals surface area (Å²) in [5.74, 6) is 0.942. The molecule has 1 atom stereocenters. The number of rotatable bonds is 7. The van der Waals surface area contributed by atoms with E-state index < -0.39 is 0 Å². The minimum absolute atomic E-state index is 0.0789. The van der Waals surface area contributed by atoms with E-state index in [0.29, 0.717) is 17.4 Å². The largest absolute Gasteiger partial charge is 0.484 e. The van der Waals surface area contributed by atoms with Crippen LogP contribution in [0, 0.1) is 0 Å². The van der Waals surface area contributed by atoms with Gasteiger partial charge in [-0.2, -0.15) is 0 Å². The zero-order valence-electron chi connectivity index (χ0n) is 17.7. The molecule has 7 heteroatoms. The molecule has 4 nitrogen and oxygen atoms in total. The molecule has 0 saturated heterocycles. The van der Waals surface area contributed by atoms with Gasteiger partial charge < -0.3 is 10.1 Å². The van der Waals surface area contributed by atoms with Crippen molar-refractivity contribution in [2.45, 2.75) is 26.2 Å². The van der Waals surface area contributed by atoms with Gasteiger partial charge in [0, 0.05) is 14.5 Å². The number of aromatic nitrogens is 1. The van der Waals surface area contributed by atoms with Crippen molar-refractivity contribution < 1.29 is 9.53 Å². The van der Waals surface area contributed by atoms with Crippen molar-refractivity contribution in [2.75, 3.05) is 11.9 Å². The molecule has 0 saturated carbocycles. The van der Waals surface area contributed by atoms with E-state index in [1.807, 2.05) is 48.5 Å². The number of ether oxygens (including phenoxy) is 1. The van der Waals surface area contributed by atoms with Gasteiger partial charge in [-0.05, 0) is 70.2 Å². The van der Waals surface area contributed by atoms with Gasteiger partial charge in [0.2, 0.25) is 0 Å². The number of nitrogens with zero attached hydrogens (tertiary/aromatic N) is 1. The summed E-state index contributed by atoms with van der Waals surface area (Å²) in [6, 6.07) is 19.8. The number of amides is 1. The average molecular weight is 574 g/mol. The topological polar surface area (TPSA) is 51.2 Å². The number of anilines is 1. The van der Waals surface area contributed by atoms with Gasteiger partial charge in [-0.25, -0.2) is 4.98 Å². The zero-order valence-corrected chi connectivity index (χ0v) is 21.7. The van der Waals surface area contributed by atoms with Crippen LogP contribution in [0.5, 0.6) is 5.75 Å². The van der Waals surface area contributed by atoms with Gasteiger partial charge in [0.25, 0.3) is 5.91 Å². The Morgan fingerprint density at radius 1 is 1.12 bits per heavy atom. The summed E-state index contributed by atoms with van der Waals surface area (Å²) in [5, 5.41) is 3.83. The summed E-state index contributed by atoms with van der Waals surface area (Å²) in [6.07, 6.45) is 1.08. The van der Waals surface area contributed by atoms with Crippen molar-refractivity contribution >= 4 is 65.0 Å². The molecule has 1 N–H and O–H groups in total. The van der Waals surface area contributed by atoms with Crippen LogP contribution < -0.4 is 10.1 Å². The minimum Gasteiger partial charge on any atom is -0.484 e. The molecule has 0 unspecified atom stereocenters. The number of hydrogen-bond acceptors (Lipinski definition) is 4. The molecule has 0 aliphatic heterocycles. The highest BCUT2D eigenvalue weighted by atomic mass is 79.9. The lowest BCUT2D eigenvalue weighted by Crippen LogP contribution is -2.21. The molecule has 0 fully saturated rings. The van der Waals surface area contributed by atoms with E-state index in [9.17, 15) is 4.79 Å². The van der Waals surface area contributed by atoms with Crippen molar-refractivity contribution in [3.63, 3.8) is 0 Å². The SMILES string of the molecule is CC[C@H](C)c1ccc(OCC(=O)Nc2c(Br)cc(Br)cc2-c2nc3ccccc3s2)cc1. The lowest BCUT2D eigenvalue weighted by Gasteiger charge is -2.14. The Morgan fingerprint density at radius 2 is 1.88 bits per heavy atom. The summed E-state index contributed by atoms with van der Waals surface area (Å²) >= 11 is 8.72. The van der Waals surface area contributed by atoms with Crippen LogP contribution in [-0.2, 0) is 4.79 Å². The normalized spacial score (nSPS) is 12.0. The molecule has 0 spiro atoms. The number of thiazole rings is 1. The van der Waals surface area contributed by atoms with E-state index in [-0.39, 0.29) is 12.5 Å². The quantitative estimate of drug-likeness (QED) is 0.243. The lowest BCUT2D eigenvalue weighted by atomic mass is 9.99. The molecule has 0 bridgehead atoms. The van der Waals surface area contributed by atoms with Gasteiger partial charge in [-0.15, -0.1) is 11.3 Å². The Morgan fingerprint density at radius 3 is 2.59 bits per heavy atom. The number of fused-ring (bicyclic) bond motifs is 1. The Kier molecular flexibility index (Phi) is 7.28. The third kappa shape index (κ3) is 5.22. The number of hydrogen-bond donors (Lipinski definition) is 1. The van der Waals surface area contributed by atoms with Crippen molar-refractivity contribution in [3.05, 3.63) is 75.2 Å². The first-order valence-corrected chi connectivity index (χ1v) is 12.7. The summed E-state index contributed by atoms with van der Waals surface area (Å²) < 4.78 is 8.48. The molecule has 4 rings (SSSR count). The number of halogens is 2. The second kappa shape index (κ2) is 10.1. The Hall–Kier alpha value is -2.22. The second-order valence-corrected chi connectivity index (χ2v) is 10.3. The molecule has 3 aromatic carbocycles. The van der Waals surface area contributed by atoms with Crippen LogP contribution in [0.2, 0.25) is 0 Å². The van der Waals surface area contributed by atoms with Crippen LogP contribution in [0.1, 0.15) is 31.7 Å². The van der Waals surface area contributed by atoms with Gasteiger partial charge in [0.15, 0.2) is 6.61 Å². The first-order chi connectivity index (χ1) is 15.4. The standard InChI is InChI=1S/C25H22Br2N2O2S/c1-3-15(2)16-8-10-18(11-9-16)31-14-23(30)29-24-19(12-17(26)13-20(24)27)25-28-21-6-4-5-7-22(21)32-25/h4-13,15H,3,14H2,1-2H3,(H,29,30)/t15-/m0/s1. The highest BCUT2D eigenvalue weighted by Crippen LogP contribution is 2.40. The summed E-state index contributed by atoms with van der Waals surface area (Å²) in [7, 11) is 0. The third-order valence-electron chi connectivity index (χ3n) is 5.28. The maximum atomic E-state index is 12.7. The molecule has 1 aromatic heterocycles. The lowest BCUT2D eigenvalue weighted by molar-refractivity contribution is -0.118. The van der Waals surface area contributed by atoms with Gasteiger partial charge >= 0.3 is 0 Å². The molecule has 4 aromatic rings. The molecule has 1 amide bonds. The van der Waals surface area contributed by atoms with Crippen LogP contribution >= 0.6 is 43.2 Å². The highest BCUT2D eigenvalue weighted by molar-refractivity contribution is 9.11. The third-order valence-corrected chi connectivity index (χ3v) is 7.43. The Labute approximate surface area is 208 Å². The first-order valence-electron chi connectivity index (χ1n) is 10.3. The van der Waals surface area contributed by atoms with Crippen LogP contribution in [0.25, 0.3) is 20.8 Å². The van der Waals surface area contributed by atoms with Crippen LogP contribution in [-0.4, -0.2) is 17.5 Å². The fourth-order valence-electron chi connectivity index (χ4n) is 3.31. The molecular formula is C25H22Br2N2O2S. The highest BCUT2D eigenvalue weighted by Gasteiger charge is 2.17. The van der Waals surface area contributed by atoms with Crippen LogP contribution in [0.4, 0.5) is 5.69 Å². The van der Waals surface area contributed by atoms with E-state index in [0.717, 1.165) is 36.2 Å². The molecule has 32 heavy (non-hydrogen) atoms. The predicted octanol–water partition coefficient (Wildman–Crippen LogP) is 8.02. The van der Waals surface area contributed by atoms with E-state index >= 15 is 0 Å². The molecule has 0 aliphatic carbocycles. The number of carbonyl (C=O) groups excluding carboxylic acids is 1. The van der Waals surface area contributed by atoms with E-state index in [1.165, 1.54) is 5.56 Å². The fourth-order valence-corrected chi connectivity index (χ4v) is 5.62. The van der Waals surface area contributed by atoms with E-state index in [2.05, 4.69) is 63.2 Å². The maximum absolute atomic E-state index is 12.7. The molecule has 1 heterocycles. The van der Waals surface area contributed by atoms with Crippen LogP contribution in [0.15, 0.2) is 69.6 Å². The Balaban J connectivity index is 1.52. The van der Waals surface area contributed by atoms with Gasteiger partial charge in [-0.1, -0.05) is 54.0 Å². The van der Waals surface area contributed by atoms with Gasteiger partial charge in [0.1, 0.15) is 10.8 Å². The smallest absolute Gasteiger partial charge is 0.262 e. The van der Waals surface area contributed by atoms with Gasteiger partial charge in [-0.3, -0.25) is 4.79 Å². The predicted molar refractivity (Wildman–Crippen MR) is 140 cm³/mol. The zero-order chi connectivity index (χ0) is 22.7. The first kappa shape index (κ1) is 23.0. The molecule has 164 valence electrons. The molecule has 0 aliphatic rings. The fraction of sp³-hybridized carbons (Fsp3) is 0.200. The van der Waals surface area contributed by atoms with Crippen molar-refractivity contribution in [2.24, 2.45) is 0 Å². The van der Waals surface area contributed by atoms with Crippen molar-refractivity contribution in [1.29, 1.82) is 0 Å². The molecular weight excluding hydrogens is 552 g/mol. The summed E-state index contributed by atoms with van der Waals surface area (Å²) in [4.78, 5) is 17.5. The second-order valence-electron chi connectivity index (χ2n) is 7.51. The number of carbonyl (C=O) groups is 1. The summed E-state index contributed by atoms with van der Waals surface area (Å²) in [5.41, 5.74) is 3.72. The monoisotopic (exact) mass is 572 g/mol. The number of nitrogens with one attached hydrogen (secondary N) is 1. The Bertz CT molecular complexity index is 1220. The minimum atomic E-state index is -0.235. The average Bonchev–Trinajstić information content (AvgIpc) is 3.23. The van der Waals surface area contributed by atoms with Crippen LogP contribution in [0.3, 0.4) is 0 Å².